The Morgan fingerprint density at radius 1 is 1.29 bits per heavy atom. The third-order valence-electron chi connectivity index (χ3n) is 3.34. The van der Waals surface area contributed by atoms with Gasteiger partial charge in [-0.15, -0.1) is 0 Å². The lowest BCUT2D eigenvalue weighted by atomic mass is 10.0. The fourth-order valence-electron chi connectivity index (χ4n) is 2.06. The molecule has 2 N–H and O–H groups in total. The van der Waals surface area contributed by atoms with Crippen molar-refractivity contribution < 1.29 is 14.3 Å². The fourth-order valence-corrected chi connectivity index (χ4v) is 2.06. The van der Waals surface area contributed by atoms with Crippen LogP contribution in [0.3, 0.4) is 0 Å². The second-order valence-electron chi connectivity index (χ2n) is 5.45. The maximum atomic E-state index is 12.0. The second kappa shape index (κ2) is 7.11. The van der Waals surface area contributed by atoms with Crippen LogP contribution in [0.5, 0.6) is 5.75 Å². The van der Waals surface area contributed by atoms with E-state index >= 15 is 0 Å². The number of hydrogen-bond donors (Lipinski definition) is 1. The lowest BCUT2D eigenvalue weighted by Gasteiger charge is -2.36. The molecule has 0 saturated heterocycles. The van der Waals surface area contributed by atoms with Crippen LogP contribution in [0.15, 0.2) is 24.3 Å². The SMILES string of the molecule is CCCCOc1ccccc1N(C(C)=O)C(C)(C)C(N)=O. The van der Waals surface area contributed by atoms with Crippen molar-refractivity contribution >= 4 is 17.5 Å². The van der Waals surface area contributed by atoms with E-state index in [-0.39, 0.29) is 5.91 Å². The molecule has 0 unspecified atom stereocenters. The van der Waals surface area contributed by atoms with E-state index in [9.17, 15) is 9.59 Å². The Morgan fingerprint density at radius 2 is 1.90 bits per heavy atom. The molecule has 0 heterocycles. The quantitative estimate of drug-likeness (QED) is 0.785. The minimum Gasteiger partial charge on any atom is -0.491 e. The first-order chi connectivity index (χ1) is 9.82. The van der Waals surface area contributed by atoms with E-state index in [1.807, 2.05) is 6.07 Å². The maximum Gasteiger partial charge on any atom is 0.243 e. The summed E-state index contributed by atoms with van der Waals surface area (Å²) in [6.45, 7) is 7.30. The van der Waals surface area contributed by atoms with Gasteiger partial charge in [0.05, 0.1) is 12.3 Å². The van der Waals surface area contributed by atoms with Gasteiger partial charge >= 0.3 is 0 Å². The summed E-state index contributed by atoms with van der Waals surface area (Å²) < 4.78 is 5.74. The molecule has 0 saturated carbocycles. The summed E-state index contributed by atoms with van der Waals surface area (Å²) in [4.78, 5) is 25.1. The summed E-state index contributed by atoms with van der Waals surface area (Å²) in [5.74, 6) is -0.248. The Labute approximate surface area is 126 Å². The minimum absolute atomic E-state index is 0.259. The van der Waals surface area contributed by atoms with Crippen molar-refractivity contribution in [2.45, 2.75) is 46.1 Å². The van der Waals surface area contributed by atoms with E-state index in [0.717, 1.165) is 12.8 Å². The van der Waals surface area contributed by atoms with Gasteiger partial charge in [0, 0.05) is 6.92 Å². The van der Waals surface area contributed by atoms with Gasteiger partial charge in [0.15, 0.2) is 0 Å². The zero-order valence-corrected chi connectivity index (χ0v) is 13.2. The standard InChI is InChI=1S/C16H24N2O3/c1-5-6-11-21-14-10-8-7-9-13(14)18(12(2)19)16(3,4)15(17)20/h7-10H,5-6,11H2,1-4H3,(H2,17,20). The first-order valence-electron chi connectivity index (χ1n) is 7.15. The summed E-state index contributed by atoms with van der Waals surface area (Å²) >= 11 is 0. The third-order valence-corrected chi connectivity index (χ3v) is 3.34. The summed E-state index contributed by atoms with van der Waals surface area (Å²) in [5.41, 5.74) is 4.88. The molecule has 5 nitrogen and oxygen atoms in total. The monoisotopic (exact) mass is 292 g/mol. The zero-order valence-electron chi connectivity index (χ0n) is 13.2. The molecule has 0 bridgehead atoms. The smallest absolute Gasteiger partial charge is 0.243 e. The van der Waals surface area contributed by atoms with Crippen molar-refractivity contribution in [2.24, 2.45) is 5.73 Å². The first-order valence-corrected chi connectivity index (χ1v) is 7.15. The van der Waals surface area contributed by atoms with Gasteiger partial charge in [0.25, 0.3) is 0 Å². The lowest BCUT2D eigenvalue weighted by Crippen LogP contribution is -2.55. The number of para-hydroxylation sites is 2. The molecule has 5 heteroatoms. The van der Waals surface area contributed by atoms with E-state index in [0.29, 0.717) is 18.0 Å². The molecule has 1 aromatic carbocycles. The van der Waals surface area contributed by atoms with Gasteiger partial charge in [0.2, 0.25) is 11.8 Å². The first kappa shape index (κ1) is 17.0. The Bertz CT molecular complexity index is 512. The molecule has 0 aliphatic carbocycles. The molecular formula is C16H24N2O3. The van der Waals surface area contributed by atoms with Crippen LogP contribution >= 0.6 is 0 Å². The van der Waals surface area contributed by atoms with Crippen LogP contribution in [0.1, 0.15) is 40.5 Å². The average Bonchev–Trinajstić information content (AvgIpc) is 2.40. The molecular weight excluding hydrogens is 268 g/mol. The van der Waals surface area contributed by atoms with Crippen molar-refractivity contribution in [3.63, 3.8) is 0 Å². The second-order valence-corrected chi connectivity index (χ2v) is 5.45. The van der Waals surface area contributed by atoms with Crippen LogP contribution in [0, 0.1) is 0 Å². The highest BCUT2D eigenvalue weighted by atomic mass is 16.5. The number of hydrogen-bond acceptors (Lipinski definition) is 3. The molecule has 0 radical (unpaired) electrons. The molecule has 0 spiro atoms. The van der Waals surface area contributed by atoms with Crippen molar-refractivity contribution in [2.75, 3.05) is 11.5 Å². The normalized spacial score (nSPS) is 11.0. The molecule has 0 atom stereocenters. The third kappa shape index (κ3) is 3.97. The lowest BCUT2D eigenvalue weighted by molar-refractivity contribution is -0.126. The minimum atomic E-state index is -1.13. The Balaban J connectivity index is 3.20. The molecule has 0 aliphatic heterocycles. The fraction of sp³-hybridized carbons (Fsp3) is 0.500. The van der Waals surface area contributed by atoms with Crippen LogP contribution in [-0.4, -0.2) is 24.0 Å². The highest BCUT2D eigenvalue weighted by molar-refractivity contribution is 6.02. The average molecular weight is 292 g/mol. The van der Waals surface area contributed by atoms with Gasteiger partial charge < -0.3 is 10.5 Å². The number of ether oxygens (including phenoxy) is 1. The van der Waals surface area contributed by atoms with E-state index in [1.165, 1.54) is 11.8 Å². The Morgan fingerprint density at radius 3 is 2.43 bits per heavy atom. The highest BCUT2D eigenvalue weighted by Crippen LogP contribution is 2.33. The number of unbranched alkanes of at least 4 members (excludes halogenated alkanes) is 1. The van der Waals surface area contributed by atoms with Gasteiger partial charge in [0.1, 0.15) is 11.3 Å². The van der Waals surface area contributed by atoms with E-state index < -0.39 is 11.4 Å². The van der Waals surface area contributed by atoms with Crippen LogP contribution in [0.25, 0.3) is 0 Å². The van der Waals surface area contributed by atoms with Crippen LogP contribution < -0.4 is 15.4 Å². The largest absolute Gasteiger partial charge is 0.491 e. The van der Waals surface area contributed by atoms with Crippen LogP contribution in [-0.2, 0) is 9.59 Å². The van der Waals surface area contributed by atoms with Crippen LogP contribution in [0.2, 0.25) is 0 Å². The van der Waals surface area contributed by atoms with Crippen molar-refractivity contribution in [1.82, 2.24) is 0 Å². The number of amides is 2. The number of carbonyl (C=O) groups excluding carboxylic acids is 2. The number of carbonyl (C=O) groups is 2. The Kier molecular flexibility index (Phi) is 5.76. The van der Waals surface area contributed by atoms with Gasteiger partial charge in [-0.2, -0.15) is 0 Å². The molecule has 2 amide bonds. The number of nitrogens with zero attached hydrogens (tertiary/aromatic N) is 1. The zero-order chi connectivity index (χ0) is 16.0. The van der Waals surface area contributed by atoms with E-state index in [4.69, 9.17) is 10.5 Å². The molecule has 0 fully saturated rings. The maximum absolute atomic E-state index is 12.0. The number of benzene rings is 1. The molecule has 0 aromatic heterocycles. The van der Waals surface area contributed by atoms with Crippen LogP contribution in [0.4, 0.5) is 5.69 Å². The summed E-state index contributed by atoms with van der Waals surface area (Å²) in [7, 11) is 0. The highest BCUT2D eigenvalue weighted by Gasteiger charge is 2.37. The topological polar surface area (TPSA) is 72.6 Å². The molecule has 1 rings (SSSR count). The predicted molar refractivity (Wildman–Crippen MR) is 83.3 cm³/mol. The van der Waals surface area contributed by atoms with Crippen molar-refractivity contribution in [1.29, 1.82) is 0 Å². The number of anilines is 1. The van der Waals surface area contributed by atoms with Gasteiger partial charge in [-0.05, 0) is 32.4 Å². The summed E-state index contributed by atoms with van der Waals surface area (Å²) in [6, 6.07) is 7.18. The van der Waals surface area contributed by atoms with E-state index in [1.54, 1.807) is 32.0 Å². The molecule has 21 heavy (non-hydrogen) atoms. The Hall–Kier alpha value is -2.04. The van der Waals surface area contributed by atoms with Gasteiger partial charge in [-0.3, -0.25) is 14.5 Å². The van der Waals surface area contributed by atoms with Gasteiger partial charge in [-0.25, -0.2) is 0 Å². The number of rotatable bonds is 7. The number of primary amides is 1. The van der Waals surface area contributed by atoms with Crippen molar-refractivity contribution in [3.8, 4) is 5.75 Å². The van der Waals surface area contributed by atoms with Gasteiger partial charge in [-0.1, -0.05) is 25.5 Å². The molecule has 0 aliphatic rings. The van der Waals surface area contributed by atoms with E-state index in [2.05, 4.69) is 6.92 Å². The predicted octanol–water partition coefficient (Wildman–Crippen LogP) is 2.48. The number of nitrogens with two attached hydrogens (primary N) is 1. The summed E-state index contributed by atoms with van der Waals surface area (Å²) in [5, 5.41) is 0. The molecule has 116 valence electrons. The van der Waals surface area contributed by atoms with Crippen molar-refractivity contribution in [3.05, 3.63) is 24.3 Å². The molecule has 1 aromatic rings. The summed E-state index contributed by atoms with van der Waals surface area (Å²) in [6.07, 6.45) is 1.94.